The largest absolute Gasteiger partial charge is 0.512 e. The summed E-state index contributed by atoms with van der Waals surface area (Å²) in [6, 6.07) is 7.79. The minimum absolute atomic E-state index is 0.0970. The maximum atomic E-state index is 14.2. The van der Waals surface area contributed by atoms with Crippen molar-refractivity contribution in [1.82, 2.24) is 4.13 Å². The van der Waals surface area contributed by atoms with Crippen molar-refractivity contribution >= 4 is 40.9 Å². The first-order valence-corrected chi connectivity index (χ1v) is 12.3. The molecule has 0 saturated heterocycles. The first-order chi connectivity index (χ1) is 15.0. The van der Waals surface area contributed by atoms with Crippen molar-refractivity contribution in [3.8, 4) is 5.75 Å². The summed E-state index contributed by atoms with van der Waals surface area (Å²) in [7, 11) is -22.4. The quantitative estimate of drug-likeness (QED) is 0.383. The molecule has 2 aromatic rings. The van der Waals surface area contributed by atoms with Gasteiger partial charge in [0, 0.05) is 5.39 Å². The van der Waals surface area contributed by atoms with E-state index in [0.29, 0.717) is 6.07 Å². The van der Waals surface area contributed by atoms with Gasteiger partial charge in [-0.3, -0.25) is 0 Å². The minimum Gasteiger partial charge on any atom is -0.377 e. The van der Waals surface area contributed by atoms with E-state index in [-0.39, 0.29) is 10.8 Å². The highest BCUT2D eigenvalue weighted by Crippen LogP contribution is 2.51. The van der Waals surface area contributed by atoms with E-state index in [1.165, 1.54) is 24.3 Å². The zero-order chi connectivity index (χ0) is 26.6. The summed E-state index contributed by atoms with van der Waals surface area (Å²) in [6.45, 7) is 0. The van der Waals surface area contributed by atoms with E-state index in [0.717, 1.165) is 12.1 Å². The summed E-state index contributed by atoms with van der Waals surface area (Å²) in [5.41, 5.74) is -6.66. The van der Waals surface area contributed by atoms with Crippen LogP contribution in [0.4, 0.5) is 39.5 Å². The molecule has 0 heterocycles. The fourth-order valence-corrected chi connectivity index (χ4v) is 5.59. The number of hydrogen-bond donors (Lipinski definition) is 1. The monoisotopic (exact) mass is 569 g/mol. The van der Waals surface area contributed by atoms with Crippen molar-refractivity contribution in [2.45, 2.75) is 21.9 Å². The van der Waals surface area contributed by atoms with Gasteiger partial charge >= 0.3 is 42.1 Å². The zero-order valence-electron chi connectivity index (χ0n) is 15.5. The minimum atomic E-state index is -7.85. The van der Waals surface area contributed by atoms with Gasteiger partial charge in [0.1, 0.15) is 0 Å². The molecule has 2 aromatic carbocycles. The van der Waals surface area contributed by atoms with Crippen LogP contribution >= 0.6 is 0 Å². The van der Waals surface area contributed by atoms with Crippen LogP contribution in [-0.4, -0.2) is 47.2 Å². The molecule has 0 aliphatic carbocycles. The van der Waals surface area contributed by atoms with E-state index in [4.69, 9.17) is 0 Å². The summed E-state index contributed by atoms with van der Waals surface area (Å²) in [5, 5.41) is -14.8. The summed E-state index contributed by atoms with van der Waals surface area (Å²) in [4.78, 5) is 0. The maximum Gasteiger partial charge on any atom is 0.512 e. The van der Waals surface area contributed by atoms with Crippen LogP contribution in [0.25, 0.3) is 10.8 Å². The molecule has 0 aromatic heterocycles. The molecule has 0 bridgehead atoms. The first-order valence-electron chi connectivity index (χ1n) is 7.91. The molecule has 0 aliphatic heterocycles. The molecule has 0 amide bonds. The van der Waals surface area contributed by atoms with Gasteiger partial charge in [-0.25, -0.2) is 16.8 Å². The lowest BCUT2D eigenvalue weighted by atomic mass is 10.1. The Morgan fingerprint density at radius 1 is 0.647 bits per heavy atom. The first kappa shape index (κ1) is 27.9. The molecule has 2 rings (SSSR count). The molecule has 0 saturated carbocycles. The Morgan fingerprint density at radius 2 is 1.15 bits per heavy atom. The van der Waals surface area contributed by atoms with Gasteiger partial charge in [0.15, 0.2) is 5.75 Å². The smallest absolute Gasteiger partial charge is 0.377 e. The molecular formula is C14H8F9NO7S3. The van der Waals surface area contributed by atoms with Gasteiger partial charge in [-0.15, -0.1) is 0 Å². The number of sulfonamides is 2. The number of hydrogen-bond acceptors (Lipinski definition) is 7. The fourth-order valence-electron chi connectivity index (χ4n) is 2.18. The van der Waals surface area contributed by atoms with E-state index >= 15 is 0 Å². The van der Waals surface area contributed by atoms with Crippen LogP contribution in [0, 0.1) is 0 Å². The summed E-state index contributed by atoms with van der Waals surface area (Å²) >= 11 is 0. The molecule has 192 valence electrons. The Morgan fingerprint density at radius 3 is 1.68 bits per heavy atom. The summed E-state index contributed by atoms with van der Waals surface area (Å²) in [6.07, 6.45) is 0. The number of benzene rings is 2. The average Bonchev–Trinajstić information content (AvgIpc) is 2.65. The van der Waals surface area contributed by atoms with E-state index < -0.39 is 62.0 Å². The number of fused-ring (bicyclic) bond motifs is 1. The molecule has 8 nitrogen and oxygen atoms in total. The van der Waals surface area contributed by atoms with E-state index in [2.05, 4.69) is 4.18 Å². The molecule has 0 fully saturated rings. The fraction of sp³-hybridized carbons (Fsp3) is 0.286. The average molecular weight is 569 g/mol. The lowest BCUT2D eigenvalue weighted by Gasteiger charge is -2.31. The van der Waals surface area contributed by atoms with E-state index in [1.54, 1.807) is 0 Å². The second-order valence-electron chi connectivity index (χ2n) is 6.16. The number of alkyl halides is 9. The van der Waals surface area contributed by atoms with Crippen molar-refractivity contribution in [2.24, 2.45) is 0 Å². The third-order valence-electron chi connectivity index (χ3n) is 3.86. The molecule has 0 spiro atoms. The van der Waals surface area contributed by atoms with Crippen LogP contribution in [0.1, 0.15) is 0 Å². The molecule has 1 N–H and O–H groups in total. The van der Waals surface area contributed by atoms with Gasteiger partial charge in [0.05, 0.1) is 0 Å². The maximum absolute atomic E-state index is 14.2. The van der Waals surface area contributed by atoms with Crippen molar-refractivity contribution in [3.05, 3.63) is 42.5 Å². The van der Waals surface area contributed by atoms with Gasteiger partial charge in [0.25, 0.3) is 10.0 Å². The van der Waals surface area contributed by atoms with Crippen molar-refractivity contribution < 1.29 is 69.0 Å². The molecule has 0 aliphatic rings. The van der Waals surface area contributed by atoms with Gasteiger partial charge in [-0.05, 0) is 11.5 Å². The van der Waals surface area contributed by atoms with Gasteiger partial charge in [-0.2, -0.15) is 47.9 Å². The highest BCUT2D eigenvalue weighted by molar-refractivity contribution is 8.05. The second kappa shape index (κ2) is 8.12. The Kier molecular flexibility index (Phi) is 6.67. The highest BCUT2D eigenvalue weighted by atomic mass is 32.3. The Bertz CT molecular complexity index is 1410. The van der Waals surface area contributed by atoms with Gasteiger partial charge in [0.2, 0.25) is 0 Å². The SMILES string of the molecule is O=S(=O)(NS(=O)(=O)C(F)(F)C(F)(F)C(F)(F)S(=O)(=O)Oc1cccc2ccccc12)C(F)(F)F. The Labute approximate surface area is 184 Å². The van der Waals surface area contributed by atoms with Gasteiger partial charge < -0.3 is 4.18 Å². The summed E-state index contributed by atoms with van der Waals surface area (Å²) < 4.78 is 191. The van der Waals surface area contributed by atoms with Gasteiger partial charge in [-0.1, -0.05) is 40.5 Å². The van der Waals surface area contributed by atoms with Crippen LogP contribution in [0.3, 0.4) is 0 Å². The predicted molar refractivity (Wildman–Crippen MR) is 95.4 cm³/mol. The van der Waals surface area contributed by atoms with E-state index in [9.17, 15) is 64.8 Å². The van der Waals surface area contributed by atoms with Crippen LogP contribution in [0.5, 0.6) is 5.75 Å². The van der Waals surface area contributed by atoms with Crippen molar-refractivity contribution in [1.29, 1.82) is 0 Å². The third-order valence-corrected chi connectivity index (χ3v) is 8.44. The molecule has 0 atom stereocenters. The molecule has 0 radical (unpaired) electrons. The van der Waals surface area contributed by atoms with E-state index in [1.807, 2.05) is 0 Å². The number of rotatable bonds is 8. The number of nitrogens with one attached hydrogen (secondary N) is 1. The second-order valence-corrected chi connectivity index (χ2v) is 11.4. The highest BCUT2D eigenvalue weighted by Gasteiger charge is 2.83. The molecule has 0 unspecified atom stereocenters. The van der Waals surface area contributed by atoms with Crippen LogP contribution in [-0.2, 0) is 30.2 Å². The van der Waals surface area contributed by atoms with Crippen LogP contribution in [0.15, 0.2) is 42.5 Å². The standard InChI is InChI=1S/C14H8F9NO7S3/c15-11(16,12(17,18)32(25,26)24-33(27,28)14(21,22)23)13(19,20)34(29,30)31-10-7-3-5-8-4-1-2-6-9(8)10/h1-7,24H. The topological polar surface area (TPSA) is 124 Å². The van der Waals surface area contributed by atoms with Crippen LogP contribution < -0.4 is 8.31 Å². The lowest BCUT2D eigenvalue weighted by Crippen LogP contribution is -2.64. The normalized spacial score (nSPS) is 14.9. The predicted octanol–water partition coefficient (Wildman–Crippen LogP) is 3.14. The lowest BCUT2D eigenvalue weighted by molar-refractivity contribution is -0.245. The Hall–Kier alpha value is -2.32. The molecule has 34 heavy (non-hydrogen) atoms. The molecule has 20 heteroatoms. The summed E-state index contributed by atoms with van der Waals surface area (Å²) in [5.74, 6) is -8.64. The zero-order valence-corrected chi connectivity index (χ0v) is 18.0. The van der Waals surface area contributed by atoms with Crippen molar-refractivity contribution in [3.63, 3.8) is 0 Å². The van der Waals surface area contributed by atoms with Crippen molar-refractivity contribution in [2.75, 3.05) is 0 Å². The molecular weight excluding hydrogens is 561 g/mol. The Balaban J connectivity index is 2.56. The third kappa shape index (κ3) is 4.38. The van der Waals surface area contributed by atoms with Crippen LogP contribution in [0.2, 0.25) is 0 Å². The number of halogens is 9.